The summed E-state index contributed by atoms with van der Waals surface area (Å²) >= 11 is 0. The summed E-state index contributed by atoms with van der Waals surface area (Å²) in [5, 5.41) is 8.64. The number of nitrogens with zero attached hydrogens (tertiary/aromatic N) is 2. The van der Waals surface area contributed by atoms with Crippen molar-refractivity contribution < 1.29 is 0 Å². The molecule has 0 aliphatic rings. The van der Waals surface area contributed by atoms with Crippen molar-refractivity contribution in [3.05, 3.63) is 30.0 Å². The van der Waals surface area contributed by atoms with Gasteiger partial charge in [0.2, 0.25) is 0 Å². The summed E-state index contributed by atoms with van der Waals surface area (Å²) in [7, 11) is 3.89. The molecule has 1 heterocycles. The molecule has 3 heteroatoms. The SMILES string of the molecule is CNCc1ccc2nn(C)cc2c1. The van der Waals surface area contributed by atoms with Gasteiger partial charge < -0.3 is 5.32 Å². The normalized spacial score (nSPS) is 10.9. The van der Waals surface area contributed by atoms with E-state index in [2.05, 4.69) is 28.6 Å². The molecule has 3 nitrogen and oxygen atoms in total. The van der Waals surface area contributed by atoms with E-state index in [0.29, 0.717) is 0 Å². The lowest BCUT2D eigenvalue weighted by atomic mass is 10.1. The molecule has 13 heavy (non-hydrogen) atoms. The van der Waals surface area contributed by atoms with Gasteiger partial charge in [0, 0.05) is 25.2 Å². The molecule has 1 aromatic carbocycles. The average Bonchev–Trinajstić information content (AvgIpc) is 2.44. The molecule has 2 aromatic rings. The highest BCUT2D eigenvalue weighted by molar-refractivity contribution is 5.78. The fourth-order valence-corrected chi connectivity index (χ4v) is 1.51. The van der Waals surface area contributed by atoms with E-state index in [1.807, 2.05) is 25.0 Å². The van der Waals surface area contributed by atoms with Crippen LogP contribution in [0.25, 0.3) is 10.9 Å². The number of rotatable bonds is 2. The summed E-state index contributed by atoms with van der Waals surface area (Å²) in [6.07, 6.45) is 2.04. The Morgan fingerprint density at radius 1 is 1.46 bits per heavy atom. The summed E-state index contributed by atoms with van der Waals surface area (Å²) in [6.45, 7) is 0.908. The van der Waals surface area contributed by atoms with Crippen LogP contribution >= 0.6 is 0 Å². The molecule has 0 spiro atoms. The highest BCUT2D eigenvalue weighted by Crippen LogP contribution is 2.13. The van der Waals surface area contributed by atoms with Crippen molar-refractivity contribution in [1.82, 2.24) is 15.1 Å². The van der Waals surface area contributed by atoms with Crippen LogP contribution in [0.2, 0.25) is 0 Å². The second-order valence-corrected chi connectivity index (χ2v) is 3.23. The second kappa shape index (κ2) is 3.18. The Bertz CT molecular complexity index is 417. The Morgan fingerprint density at radius 2 is 2.31 bits per heavy atom. The van der Waals surface area contributed by atoms with Crippen LogP contribution in [0.4, 0.5) is 0 Å². The first-order valence-corrected chi connectivity index (χ1v) is 4.36. The molecule has 1 aromatic heterocycles. The fourth-order valence-electron chi connectivity index (χ4n) is 1.51. The van der Waals surface area contributed by atoms with Gasteiger partial charge in [0.05, 0.1) is 5.52 Å². The molecule has 2 rings (SSSR count). The number of fused-ring (bicyclic) bond motifs is 1. The minimum Gasteiger partial charge on any atom is -0.316 e. The van der Waals surface area contributed by atoms with Gasteiger partial charge >= 0.3 is 0 Å². The number of hydrogen-bond acceptors (Lipinski definition) is 2. The molecular weight excluding hydrogens is 162 g/mol. The lowest BCUT2D eigenvalue weighted by Gasteiger charge is -1.98. The van der Waals surface area contributed by atoms with Crippen molar-refractivity contribution in [3.8, 4) is 0 Å². The molecule has 0 aliphatic carbocycles. The molecule has 1 N–H and O–H groups in total. The van der Waals surface area contributed by atoms with Gasteiger partial charge in [-0.05, 0) is 24.7 Å². The summed E-state index contributed by atoms with van der Waals surface area (Å²) in [5.41, 5.74) is 2.35. The highest BCUT2D eigenvalue weighted by Gasteiger charge is 1.98. The minimum absolute atomic E-state index is 0.908. The third-order valence-electron chi connectivity index (χ3n) is 2.06. The zero-order valence-corrected chi connectivity index (χ0v) is 7.91. The van der Waals surface area contributed by atoms with E-state index in [1.165, 1.54) is 10.9 Å². The third kappa shape index (κ3) is 1.55. The van der Waals surface area contributed by atoms with Crippen molar-refractivity contribution in [1.29, 1.82) is 0 Å². The number of aryl methyl sites for hydroxylation is 1. The molecule has 0 amide bonds. The molecule has 0 fully saturated rings. The number of benzene rings is 1. The van der Waals surface area contributed by atoms with Crippen LogP contribution in [0.1, 0.15) is 5.56 Å². The molecular formula is C10H13N3. The quantitative estimate of drug-likeness (QED) is 0.745. The van der Waals surface area contributed by atoms with E-state index in [-0.39, 0.29) is 0 Å². The van der Waals surface area contributed by atoms with Gasteiger partial charge in [-0.2, -0.15) is 5.10 Å². The fraction of sp³-hybridized carbons (Fsp3) is 0.300. The van der Waals surface area contributed by atoms with Gasteiger partial charge in [0.25, 0.3) is 0 Å². The molecule has 0 aliphatic heterocycles. The Morgan fingerprint density at radius 3 is 3.08 bits per heavy atom. The van der Waals surface area contributed by atoms with Gasteiger partial charge in [-0.3, -0.25) is 4.68 Å². The molecule has 0 atom stereocenters. The number of nitrogens with one attached hydrogen (secondary N) is 1. The predicted molar refractivity (Wildman–Crippen MR) is 53.5 cm³/mol. The molecule has 0 bridgehead atoms. The van der Waals surface area contributed by atoms with Crippen molar-refractivity contribution >= 4 is 10.9 Å². The number of aromatic nitrogens is 2. The van der Waals surface area contributed by atoms with Gasteiger partial charge in [0.1, 0.15) is 0 Å². The Hall–Kier alpha value is -1.35. The van der Waals surface area contributed by atoms with E-state index in [0.717, 1.165) is 12.1 Å². The van der Waals surface area contributed by atoms with Gasteiger partial charge in [0.15, 0.2) is 0 Å². The van der Waals surface area contributed by atoms with E-state index in [9.17, 15) is 0 Å². The first-order valence-electron chi connectivity index (χ1n) is 4.36. The molecule has 68 valence electrons. The highest BCUT2D eigenvalue weighted by atomic mass is 15.2. The third-order valence-corrected chi connectivity index (χ3v) is 2.06. The predicted octanol–water partition coefficient (Wildman–Crippen LogP) is 1.29. The first kappa shape index (κ1) is 8.26. The van der Waals surface area contributed by atoms with Crippen LogP contribution in [0, 0.1) is 0 Å². The maximum Gasteiger partial charge on any atom is 0.0923 e. The molecule has 0 radical (unpaired) electrons. The zero-order chi connectivity index (χ0) is 9.26. The minimum atomic E-state index is 0.908. The lowest BCUT2D eigenvalue weighted by molar-refractivity contribution is 0.780. The maximum atomic E-state index is 4.31. The van der Waals surface area contributed by atoms with Crippen LogP contribution in [0.5, 0.6) is 0 Å². The number of hydrogen-bond donors (Lipinski definition) is 1. The summed E-state index contributed by atoms with van der Waals surface area (Å²) in [6, 6.07) is 6.33. The van der Waals surface area contributed by atoms with Gasteiger partial charge in [-0.25, -0.2) is 0 Å². The van der Waals surface area contributed by atoms with Crippen molar-refractivity contribution in [3.63, 3.8) is 0 Å². The lowest BCUT2D eigenvalue weighted by Crippen LogP contribution is -2.04. The van der Waals surface area contributed by atoms with E-state index in [4.69, 9.17) is 0 Å². The summed E-state index contributed by atoms with van der Waals surface area (Å²) in [5.74, 6) is 0. The summed E-state index contributed by atoms with van der Waals surface area (Å²) in [4.78, 5) is 0. The van der Waals surface area contributed by atoms with Crippen LogP contribution in [0.15, 0.2) is 24.4 Å². The summed E-state index contributed by atoms with van der Waals surface area (Å²) < 4.78 is 1.84. The standard InChI is InChI=1S/C10H13N3/c1-11-6-8-3-4-10-9(5-8)7-13(2)12-10/h3-5,7,11H,6H2,1-2H3. The Labute approximate surface area is 77.4 Å². The smallest absolute Gasteiger partial charge is 0.0923 e. The maximum absolute atomic E-state index is 4.31. The van der Waals surface area contributed by atoms with Crippen LogP contribution in [-0.2, 0) is 13.6 Å². The first-order chi connectivity index (χ1) is 6.29. The van der Waals surface area contributed by atoms with Crippen molar-refractivity contribution in [2.45, 2.75) is 6.54 Å². The second-order valence-electron chi connectivity index (χ2n) is 3.23. The Balaban J connectivity index is 2.48. The zero-order valence-electron chi connectivity index (χ0n) is 7.91. The Kier molecular flexibility index (Phi) is 2.02. The van der Waals surface area contributed by atoms with Crippen LogP contribution in [-0.4, -0.2) is 16.8 Å². The molecule has 0 unspecified atom stereocenters. The van der Waals surface area contributed by atoms with Crippen LogP contribution < -0.4 is 5.32 Å². The van der Waals surface area contributed by atoms with Crippen molar-refractivity contribution in [2.24, 2.45) is 7.05 Å². The average molecular weight is 175 g/mol. The van der Waals surface area contributed by atoms with E-state index in [1.54, 1.807) is 0 Å². The van der Waals surface area contributed by atoms with E-state index < -0.39 is 0 Å². The largest absolute Gasteiger partial charge is 0.316 e. The van der Waals surface area contributed by atoms with Gasteiger partial charge in [-0.15, -0.1) is 0 Å². The van der Waals surface area contributed by atoms with Crippen LogP contribution in [0.3, 0.4) is 0 Å². The van der Waals surface area contributed by atoms with Crippen molar-refractivity contribution in [2.75, 3.05) is 7.05 Å². The topological polar surface area (TPSA) is 29.9 Å². The molecule has 0 saturated carbocycles. The van der Waals surface area contributed by atoms with E-state index >= 15 is 0 Å². The molecule has 0 saturated heterocycles. The van der Waals surface area contributed by atoms with Gasteiger partial charge in [-0.1, -0.05) is 6.07 Å². The monoisotopic (exact) mass is 175 g/mol.